The van der Waals surface area contributed by atoms with Gasteiger partial charge in [-0.3, -0.25) is 4.90 Å². The van der Waals surface area contributed by atoms with Crippen LogP contribution in [0.3, 0.4) is 0 Å². The summed E-state index contributed by atoms with van der Waals surface area (Å²) >= 11 is 0. The zero-order valence-corrected chi connectivity index (χ0v) is 9.67. The van der Waals surface area contributed by atoms with E-state index in [0.717, 1.165) is 31.6 Å². The van der Waals surface area contributed by atoms with Crippen molar-refractivity contribution in [2.45, 2.75) is 25.4 Å². The van der Waals surface area contributed by atoms with Gasteiger partial charge in [0.2, 0.25) is 0 Å². The largest absolute Gasteiger partial charge is 0.477 e. The van der Waals surface area contributed by atoms with Crippen molar-refractivity contribution >= 4 is 5.97 Å². The third-order valence-corrected chi connectivity index (χ3v) is 2.95. The van der Waals surface area contributed by atoms with Gasteiger partial charge in [0.15, 0.2) is 0 Å². The highest BCUT2D eigenvalue weighted by atomic mass is 16.4. The maximum absolute atomic E-state index is 10.8. The average Bonchev–Trinajstić information content (AvgIpc) is 2.29. The smallest absolute Gasteiger partial charge is 0.354 e. The fourth-order valence-electron chi connectivity index (χ4n) is 2.15. The number of carboxylic acid groups (broad SMARTS) is 1. The Bertz CT molecular complexity index is 408. The molecule has 1 atom stereocenters. The minimum Gasteiger partial charge on any atom is -0.477 e. The first-order valence-electron chi connectivity index (χ1n) is 5.82. The van der Waals surface area contributed by atoms with Gasteiger partial charge in [-0.1, -0.05) is 6.07 Å². The molecular weight excluding hydrogens is 218 g/mol. The zero-order chi connectivity index (χ0) is 12.3. The molecule has 0 aliphatic carbocycles. The van der Waals surface area contributed by atoms with Gasteiger partial charge in [-0.05, 0) is 31.5 Å². The van der Waals surface area contributed by atoms with Crippen LogP contribution in [0, 0.1) is 0 Å². The molecule has 1 aromatic rings. The lowest BCUT2D eigenvalue weighted by molar-refractivity contribution is 0.0689. The summed E-state index contributed by atoms with van der Waals surface area (Å²) in [6, 6.07) is 5.32. The van der Waals surface area contributed by atoms with E-state index < -0.39 is 5.97 Å². The summed E-state index contributed by atoms with van der Waals surface area (Å²) < 4.78 is 0. The fourth-order valence-corrected chi connectivity index (χ4v) is 2.15. The first-order valence-corrected chi connectivity index (χ1v) is 5.82. The molecule has 1 unspecified atom stereocenters. The first kappa shape index (κ1) is 12.0. The van der Waals surface area contributed by atoms with E-state index in [1.54, 1.807) is 6.07 Å². The van der Waals surface area contributed by atoms with Crippen LogP contribution in [-0.2, 0) is 6.54 Å². The number of nitrogens with two attached hydrogens (primary N) is 1. The lowest BCUT2D eigenvalue weighted by atomic mass is 10.1. The summed E-state index contributed by atoms with van der Waals surface area (Å²) in [6.07, 6.45) is 2.17. The number of aromatic carboxylic acids is 1. The van der Waals surface area contributed by atoms with E-state index in [9.17, 15) is 4.79 Å². The molecule has 17 heavy (non-hydrogen) atoms. The van der Waals surface area contributed by atoms with Crippen molar-refractivity contribution in [3.05, 3.63) is 29.6 Å². The Hall–Kier alpha value is -1.46. The van der Waals surface area contributed by atoms with Crippen LogP contribution in [0.25, 0.3) is 0 Å². The van der Waals surface area contributed by atoms with Gasteiger partial charge in [0.25, 0.3) is 0 Å². The maximum atomic E-state index is 10.8. The second kappa shape index (κ2) is 5.25. The quantitative estimate of drug-likeness (QED) is 0.806. The minimum absolute atomic E-state index is 0.101. The van der Waals surface area contributed by atoms with Gasteiger partial charge in [0, 0.05) is 19.1 Å². The van der Waals surface area contributed by atoms with Crippen molar-refractivity contribution in [2.24, 2.45) is 5.73 Å². The number of aromatic nitrogens is 1. The summed E-state index contributed by atoms with van der Waals surface area (Å²) in [6.45, 7) is 2.54. The van der Waals surface area contributed by atoms with Gasteiger partial charge >= 0.3 is 5.97 Å². The highest BCUT2D eigenvalue weighted by Crippen LogP contribution is 2.11. The average molecular weight is 235 g/mol. The second-order valence-electron chi connectivity index (χ2n) is 4.46. The van der Waals surface area contributed by atoms with Gasteiger partial charge < -0.3 is 10.8 Å². The van der Waals surface area contributed by atoms with Crippen LogP contribution >= 0.6 is 0 Å². The van der Waals surface area contributed by atoms with Crippen molar-refractivity contribution in [1.82, 2.24) is 9.88 Å². The van der Waals surface area contributed by atoms with Crippen LogP contribution in [0.4, 0.5) is 0 Å². The van der Waals surface area contributed by atoms with Crippen molar-refractivity contribution in [1.29, 1.82) is 0 Å². The molecule has 92 valence electrons. The Balaban J connectivity index is 2.02. The second-order valence-corrected chi connectivity index (χ2v) is 4.46. The van der Waals surface area contributed by atoms with Gasteiger partial charge in [0.05, 0.1) is 5.69 Å². The van der Waals surface area contributed by atoms with Gasteiger partial charge in [-0.15, -0.1) is 0 Å². The lowest BCUT2D eigenvalue weighted by Gasteiger charge is -2.30. The predicted molar refractivity (Wildman–Crippen MR) is 63.7 cm³/mol. The molecule has 0 saturated carbocycles. The Morgan fingerprint density at radius 1 is 1.59 bits per heavy atom. The molecule has 1 aromatic heterocycles. The maximum Gasteiger partial charge on any atom is 0.354 e. The number of pyridine rings is 1. The monoisotopic (exact) mass is 235 g/mol. The Morgan fingerprint density at radius 2 is 2.41 bits per heavy atom. The molecule has 1 aliphatic heterocycles. The van der Waals surface area contributed by atoms with Crippen LogP contribution in [0.5, 0.6) is 0 Å². The van der Waals surface area contributed by atoms with Crippen LogP contribution in [0.2, 0.25) is 0 Å². The van der Waals surface area contributed by atoms with Crippen LogP contribution in [0.1, 0.15) is 29.0 Å². The number of rotatable bonds is 3. The van der Waals surface area contributed by atoms with E-state index in [4.69, 9.17) is 10.8 Å². The molecule has 0 aromatic carbocycles. The molecule has 2 rings (SSSR count). The molecule has 1 fully saturated rings. The highest BCUT2D eigenvalue weighted by Gasteiger charge is 2.17. The molecule has 5 nitrogen and oxygen atoms in total. The van der Waals surface area contributed by atoms with Crippen LogP contribution in [-0.4, -0.2) is 40.1 Å². The molecule has 1 saturated heterocycles. The number of carbonyl (C=O) groups is 1. The molecule has 3 N–H and O–H groups in total. The van der Waals surface area contributed by atoms with E-state index in [1.165, 1.54) is 6.07 Å². The number of nitrogens with zero attached hydrogens (tertiary/aromatic N) is 2. The van der Waals surface area contributed by atoms with Crippen LogP contribution < -0.4 is 5.73 Å². The fraction of sp³-hybridized carbons (Fsp3) is 0.500. The lowest BCUT2D eigenvalue weighted by Crippen LogP contribution is -2.42. The predicted octanol–water partition coefficient (Wildman–Crippen LogP) is 0.703. The number of hydrogen-bond donors (Lipinski definition) is 2. The molecule has 1 aliphatic rings. The molecule has 5 heteroatoms. The third-order valence-electron chi connectivity index (χ3n) is 2.95. The highest BCUT2D eigenvalue weighted by molar-refractivity contribution is 5.85. The van der Waals surface area contributed by atoms with Crippen molar-refractivity contribution < 1.29 is 9.90 Å². The van der Waals surface area contributed by atoms with E-state index in [0.29, 0.717) is 6.54 Å². The molecular formula is C12H17N3O2. The van der Waals surface area contributed by atoms with Crippen molar-refractivity contribution in [3.63, 3.8) is 0 Å². The number of likely N-dealkylation sites (tertiary alicyclic amines) is 1. The first-order chi connectivity index (χ1) is 8.15. The zero-order valence-electron chi connectivity index (χ0n) is 9.67. The van der Waals surface area contributed by atoms with Crippen LogP contribution in [0.15, 0.2) is 18.2 Å². The normalized spacial score (nSPS) is 21.4. The Kier molecular flexibility index (Phi) is 3.71. The standard InChI is InChI=1S/C12H17N3O2/c13-9-3-2-6-15(7-9)8-10-4-1-5-11(14-10)12(16)17/h1,4-5,9H,2-3,6-8,13H2,(H,16,17). The third kappa shape index (κ3) is 3.25. The molecule has 0 radical (unpaired) electrons. The van der Waals surface area contributed by atoms with Gasteiger partial charge in [-0.25, -0.2) is 9.78 Å². The number of hydrogen-bond acceptors (Lipinski definition) is 4. The Morgan fingerprint density at radius 3 is 3.12 bits per heavy atom. The van der Waals surface area contributed by atoms with Gasteiger partial charge in [0.1, 0.15) is 5.69 Å². The molecule has 0 spiro atoms. The Labute approximate surface area is 100 Å². The van der Waals surface area contributed by atoms with Crippen molar-refractivity contribution in [3.8, 4) is 0 Å². The summed E-state index contributed by atoms with van der Waals surface area (Å²) in [5, 5.41) is 8.86. The molecule has 2 heterocycles. The molecule has 0 amide bonds. The SMILES string of the molecule is NC1CCCN(Cc2cccc(C(=O)O)n2)C1. The summed E-state index contributed by atoms with van der Waals surface area (Å²) in [5.74, 6) is -0.984. The van der Waals surface area contributed by atoms with E-state index in [1.807, 2.05) is 6.07 Å². The van der Waals surface area contributed by atoms with Crippen molar-refractivity contribution in [2.75, 3.05) is 13.1 Å². The van der Waals surface area contributed by atoms with Gasteiger partial charge in [-0.2, -0.15) is 0 Å². The molecule has 0 bridgehead atoms. The van der Waals surface area contributed by atoms with E-state index in [-0.39, 0.29) is 11.7 Å². The summed E-state index contributed by atoms with van der Waals surface area (Å²) in [5.41, 5.74) is 6.79. The topological polar surface area (TPSA) is 79.5 Å². The minimum atomic E-state index is -0.984. The number of piperidine rings is 1. The van der Waals surface area contributed by atoms with E-state index >= 15 is 0 Å². The van der Waals surface area contributed by atoms with E-state index in [2.05, 4.69) is 9.88 Å². The number of carboxylic acids is 1. The summed E-state index contributed by atoms with van der Waals surface area (Å²) in [7, 11) is 0. The summed E-state index contributed by atoms with van der Waals surface area (Å²) in [4.78, 5) is 17.1.